The molecular weight excluding hydrogens is 352 g/mol. The maximum absolute atomic E-state index is 12.8. The van der Waals surface area contributed by atoms with Crippen LogP contribution in [0.4, 0.5) is 11.4 Å². The third-order valence-electron chi connectivity index (χ3n) is 3.77. The minimum absolute atomic E-state index is 0.0927. The molecule has 0 aliphatic heterocycles. The van der Waals surface area contributed by atoms with Crippen LogP contribution in [0, 0.1) is 12.3 Å². The Morgan fingerprint density at radius 2 is 1.73 bits per heavy atom. The average molecular weight is 376 g/mol. The van der Waals surface area contributed by atoms with Crippen LogP contribution in [-0.2, 0) is 14.8 Å². The number of hydrogen-bond acceptors (Lipinski definition) is 4. The molecule has 140 valence electrons. The van der Waals surface area contributed by atoms with E-state index < -0.39 is 15.4 Å². The van der Waals surface area contributed by atoms with Gasteiger partial charge in [-0.05, 0) is 36.8 Å². The van der Waals surface area contributed by atoms with Crippen LogP contribution in [0.5, 0.6) is 5.75 Å². The number of sulfonamides is 1. The van der Waals surface area contributed by atoms with Gasteiger partial charge in [0.15, 0.2) is 0 Å². The molecule has 2 N–H and O–H groups in total. The normalized spacial score (nSPS) is 11.7. The fourth-order valence-electron chi connectivity index (χ4n) is 2.21. The molecule has 0 aliphatic carbocycles. The number of anilines is 2. The summed E-state index contributed by atoms with van der Waals surface area (Å²) in [5.74, 6) is 0.230. The first-order valence-corrected chi connectivity index (χ1v) is 9.61. The largest absolute Gasteiger partial charge is 0.495 e. The zero-order valence-electron chi connectivity index (χ0n) is 15.6. The second-order valence-electron chi connectivity index (χ2n) is 6.99. The smallest absolute Gasteiger partial charge is 0.262 e. The summed E-state index contributed by atoms with van der Waals surface area (Å²) in [7, 11) is -2.38. The molecule has 0 saturated carbocycles. The second-order valence-corrected chi connectivity index (χ2v) is 8.64. The summed E-state index contributed by atoms with van der Waals surface area (Å²) in [6.45, 7) is 7.07. The molecule has 2 aromatic carbocycles. The molecule has 0 bridgehead atoms. The molecule has 7 heteroatoms. The minimum Gasteiger partial charge on any atom is -0.495 e. The molecule has 2 rings (SSSR count). The van der Waals surface area contributed by atoms with Crippen LogP contribution in [0.3, 0.4) is 0 Å². The van der Waals surface area contributed by atoms with Crippen LogP contribution in [0.1, 0.15) is 26.3 Å². The van der Waals surface area contributed by atoms with E-state index in [1.54, 1.807) is 64.1 Å². The molecule has 0 fully saturated rings. The van der Waals surface area contributed by atoms with E-state index in [9.17, 15) is 13.2 Å². The van der Waals surface area contributed by atoms with Gasteiger partial charge in [0.2, 0.25) is 5.91 Å². The van der Waals surface area contributed by atoms with Gasteiger partial charge < -0.3 is 10.1 Å². The number of benzene rings is 2. The van der Waals surface area contributed by atoms with Crippen LogP contribution in [0.2, 0.25) is 0 Å². The van der Waals surface area contributed by atoms with Crippen molar-refractivity contribution in [3.05, 3.63) is 48.0 Å². The number of para-hydroxylation sites is 2. The minimum atomic E-state index is -3.85. The number of hydrogen-bond donors (Lipinski definition) is 2. The van der Waals surface area contributed by atoms with Gasteiger partial charge in [0.05, 0.1) is 17.7 Å². The fraction of sp³-hybridized carbons (Fsp3) is 0.316. The molecule has 0 spiro atoms. The lowest BCUT2D eigenvalue weighted by Crippen LogP contribution is -2.27. The first-order valence-electron chi connectivity index (χ1n) is 8.12. The third-order valence-corrected chi connectivity index (χ3v) is 5.28. The van der Waals surface area contributed by atoms with Crippen LogP contribution in [0.25, 0.3) is 0 Å². The summed E-state index contributed by atoms with van der Waals surface area (Å²) in [4.78, 5) is 12.3. The van der Waals surface area contributed by atoms with Crippen LogP contribution in [-0.4, -0.2) is 21.4 Å². The standard InChI is InChI=1S/C19H24N2O4S/c1-13-10-11-14(20-18(22)19(2,3)4)12-17(13)26(23,24)21-15-8-6-7-9-16(15)25-5/h6-12,21H,1-5H3,(H,20,22). The molecule has 0 unspecified atom stereocenters. The Hall–Kier alpha value is -2.54. The molecule has 26 heavy (non-hydrogen) atoms. The molecule has 0 aliphatic rings. The summed E-state index contributed by atoms with van der Waals surface area (Å²) in [5, 5.41) is 2.75. The lowest BCUT2D eigenvalue weighted by molar-refractivity contribution is -0.123. The number of aryl methyl sites for hydroxylation is 1. The molecular formula is C19H24N2O4S. The Morgan fingerprint density at radius 1 is 1.08 bits per heavy atom. The molecule has 0 atom stereocenters. The number of ether oxygens (including phenoxy) is 1. The molecule has 0 saturated heterocycles. The molecule has 1 amide bonds. The van der Waals surface area contributed by atoms with Crippen LogP contribution < -0.4 is 14.8 Å². The Balaban J connectivity index is 2.37. The Labute approximate surface area is 154 Å². The topological polar surface area (TPSA) is 84.5 Å². The zero-order valence-corrected chi connectivity index (χ0v) is 16.4. The fourth-order valence-corrected chi connectivity index (χ4v) is 3.56. The van der Waals surface area contributed by atoms with Crippen molar-refractivity contribution in [2.45, 2.75) is 32.6 Å². The predicted octanol–water partition coefficient (Wildman–Crippen LogP) is 3.79. The Bertz CT molecular complexity index is 915. The van der Waals surface area contributed by atoms with Gasteiger partial charge in [-0.3, -0.25) is 9.52 Å². The van der Waals surface area contributed by atoms with Crippen molar-refractivity contribution in [2.24, 2.45) is 5.41 Å². The van der Waals surface area contributed by atoms with E-state index in [0.717, 1.165) is 0 Å². The molecule has 2 aromatic rings. The summed E-state index contributed by atoms with van der Waals surface area (Å²) < 4.78 is 33.4. The lowest BCUT2D eigenvalue weighted by Gasteiger charge is -2.19. The summed E-state index contributed by atoms with van der Waals surface area (Å²) in [6.07, 6.45) is 0. The van der Waals surface area contributed by atoms with Crippen molar-refractivity contribution in [3.63, 3.8) is 0 Å². The van der Waals surface area contributed by atoms with Gasteiger partial charge in [-0.15, -0.1) is 0 Å². The summed E-state index contributed by atoms with van der Waals surface area (Å²) in [6, 6.07) is 11.6. The van der Waals surface area contributed by atoms with Gasteiger partial charge in [0.1, 0.15) is 5.75 Å². The van der Waals surface area contributed by atoms with E-state index in [2.05, 4.69) is 10.0 Å². The highest BCUT2D eigenvalue weighted by atomic mass is 32.2. The maximum Gasteiger partial charge on any atom is 0.262 e. The van der Waals surface area contributed by atoms with E-state index in [1.807, 2.05) is 0 Å². The van der Waals surface area contributed by atoms with Crippen molar-refractivity contribution >= 4 is 27.3 Å². The van der Waals surface area contributed by atoms with Crippen LogP contribution in [0.15, 0.2) is 47.4 Å². The van der Waals surface area contributed by atoms with Crippen LogP contribution >= 0.6 is 0 Å². The van der Waals surface area contributed by atoms with E-state index in [1.165, 1.54) is 13.2 Å². The molecule has 0 heterocycles. The maximum atomic E-state index is 12.8. The number of amides is 1. The van der Waals surface area contributed by atoms with E-state index in [4.69, 9.17) is 4.74 Å². The van der Waals surface area contributed by atoms with Gasteiger partial charge in [0.25, 0.3) is 10.0 Å². The molecule has 0 radical (unpaired) electrons. The van der Waals surface area contributed by atoms with Gasteiger partial charge in [-0.25, -0.2) is 8.42 Å². The van der Waals surface area contributed by atoms with Gasteiger partial charge >= 0.3 is 0 Å². The number of carbonyl (C=O) groups excluding carboxylic acids is 1. The monoisotopic (exact) mass is 376 g/mol. The Morgan fingerprint density at radius 3 is 2.35 bits per heavy atom. The molecule has 0 aromatic heterocycles. The highest BCUT2D eigenvalue weighted by Gasteiger charge is 2.23. The zero-order chi connectivity index (χ0) is 19.5. The van der Waals surface area contributed by atoms with E-state index >= 15 is 0 Å². The van der Waals surface area contributed by atoms with E-state index in [-0.39, 0.29) is 10.8 Å². The van der Waals surface area contributed by atoms with Gasteiger partial charge in [0, 0.05) is 11.1 Å². The number of nitrogens with one attached hydrogen (secondary N) is 2. The van der Waals surface area contributed by atoms with E-state index in [0.29, 0.717) is 22.7 Å². The second kappa shape index (κ2) is 7.37. The predicted molar refractivity (Wildman–Crippen MR) is 103 cm³/mol. The third kappa shape index (κ3) is 4.54. The number of carbonyl (C=O) groups is 1. The quantitative estimate of drug-likeness (QED) is 0.831. The average Bonchev–Trinajstić information content (AvgIpc) is 2.55. The highest BCUT2D eigenvalue weighted by Crippen LogP contribution is 2.28. The van der Waals surface area contributed by atoms with Crippen molar-refractivity contribution in [2.75, 3.05) is 17.1 Å². The first-order chi connectivity index (χ1) is 12.0. The molecule has 6 nitrogen and oxygen atoms in total. The van der Waals surface area contributed by atoms with Crippen molar-refractivity contribution < 1.29 is 17.9 Å². The van der Waals surface area contributed by atoms with Gasteiger partial charge in [-0.1, -0.05) is 39.0 Å². The Kier molecular flexibility index (Phi) is 5.61. The van der Waals surface area contributed by atoms with Crippen molar-refractivity contribution in [3.8, 4) is 5.75 Å². The summed E-state index contributed by atoms with van der Waals surface area (Å²) >= 11 is 0. The van der Waals surface area contributed by atoms with Crippen molar-refractivity contribution in [1.29, 1.82) is 0 Å². The summed E-state index contributed by atoms with van der Waals surface area (Å²) in [5.41, 5.74) is 0.759. The highest BCUT2D eigenvalue weighted by molar-refractivity contribution is 7.92. The first kappa shape index (κ1) is 19.8. The number of rotatable bonds is 5. The number of methoxy groups -OCH3 is 1. The van der Waals surface area contributed by atoms with Crippen molar-refractivity contribution in [1.82, 2.24) is 0 Å². The van der Waals surface area contributed by atoms with Gasteiger partial charge in [-0.2, -0.15) is 0 Å². The lowest BCUT2D eigenvalue weighted by atomic mass is 9.95. The SMILES string of the molecule is COc1ccccc1NS(=O)(=O)c1cc(NC(=O)C(C)(C)C)ccc1C.